The van der Waals surface area contributed by atoms with Gasteiger partial charge in [-0.05, 0) is 33.0 Å². The molecule has 1 aromatic carbocycles. The van der Waals surface area contributed by atoms with E-state index in [1.54, 1.807) is 9.13 Å². The second-order valence-corrected chi connectivity index (χ2v) is 3.26. The smallest absolute Gasteiger partial charge is 0.329 e. The van der Waals surface area contributed by atoms with Crippen LogP contribution in [-0.2, 0) is 13.1 Å². The molecular weight excluding hydrogens is 202 g/mol. The molecule has 88 valence electrons. The number of nitrogens with two attached hydrogens (primary N) is 1. The van der Waals surface area contributed by atoms with Gasteiger partial charge in [0, 0.05) is 13.1 Å². The first-order chi connectivity index (χ1) is 7.79. The topological polar surface area (TPSA) is 53.0 Å². The third kappa shape index (κ3) is 1.88. The average Bonchev–Trinajstić information content (AvgIpc) is 2.62. The molecule has 4 heteroatoms. The van der Waals surface area contributed by atoms with Crippen molar-refractivity contribution >= 4 is 11.0 Å². The minimum atomic E-state index is 0.0937. The Balaban J connectivity index is 0.000000606. The van der Waals surface area contributed by atoms with E-state index in [2.05, 4.69) is 5.73 Å². The van der Waals surface area contributed by atoms with Crippen molar-refractivity contribution in [3.8, 4) is 0 Å². The molecule has 2 N–H and O–H groups in total. The molecule has 0 bridgehead atoms. The Kier molecular flexibility index (Phi) is 4.31. The molecule has 0 radical (unpaired) electrons. The van der Waals surface area contributed by atoms with E-state index < -0.39 is 0 Å². The molecular formula is C12H19N3O. The highest BCUT2D eigenvalue weighted by Crippen LogP contribution is 2.11. The van der Waals surface area contributed by atoms with E-state index in [-0.39, 0.29) is 5.69 Å². The first-order valence-corrected chi connectivity index (χ1v) is 5.55. The van der Waals surface area contributed by atoms with Crippen molar-refractivity contribution in [2.75, 3.05) is 7.05 Å². The summed E-state index contributed by atoms with van der Waals surface area (Å²) >= 11 is 0. The quantitative estimate of drug-likeness (QED) is 0.833. The fourth-order valence-electron chi connectivity index (χ4n) is 1.88. The minimum Gasteiger partial charge on any atom is -0.333 e. The summed E-state index contributed by atoms with van der Waals surface area (Å²) in [7, 11) is 1.50. The van der Waals surface area contributed by atoms with Gasteiger partial charge in [0.15, 0.2) is 0 Å². The number of fused-ring (bicyclic) bond motifs is 1. The Morgan fingerprint density at radius 1 is 1.00 bits per heavy atom. The lowest BCUT2D eigenvalue weighted by molar-refractivity contribution is 0.671. The third-order valence-corrected chi connectivity index (χ3v) is 2.56. The standard InChI is InChI=1S/C11H14N2O.CH5N/c1-3-12-9-7-5-6-8-10(9)13(4-2)11(12)14;1-2/h5-8H,3-4H2,1-2H3;2H2,1H3. The molecule has 16 heavy (non-hydrogen) atoms. The van der Waals surface area contributed by atoms with Gasteiger partial charge in [-0.2, -0.15) is 0 Å². The lowest BCUT2D eigenvalue weighted by Gasteiger charge is -1.95. The Hall–Kier alpha value is -1.55. The van der Waals surface area contributed by atoms with Crippen molar-refractivity contribution in [3.05, 3.63) is 34.7 Å². The van der Waals surface area contributed by atoms with Crippen LogP contribution in [0.5, 0.6) is 0 Å². The lowest BCUT2D eigenvalue weighted by atomic mass is 10.3. The molecule has 1 heterocycles. The van der Waals surface area contributed by atoms with Gasteiger partial charge in [-0.3, -0.25) is 9.13 Å². The zero-order chi connectivity index (χ0) is 12.1. The highest BCUT2D eigenvalue weighted by molar-refractivity contribution is 5.75. The number of imidazole rings is 1. The maximum Gasteiger partial charge on any atom is 0.329 e. The second-order valence-electron chi connectivity index (χ2n) is 3.26. The van der Waals surface area contributed by atoms with Crippen LogP contribution < -0.4 is 11.4 Å². The summed E-state index contributed by atoms with van der Waals surface area (Å²) in [5.74, 6) is 0. The van der Waals surface area contributed by atoms with E-state index in [0.29, 0.717) is 0 Å². The number of benzene rings is 1. The molecule has 0 aliphatic rings. The number of aromatic nitrogens is 2. The molecule has 0 atom stereocenters. The first-order valence-electron chi connectivity index (χ1n) is 5.55. The van der Waals surface area contributed by atoms with Gasteiger partial charge in [0.1, 0.15) is 0 Å². The summed E-state index contributed by atoms with van der Waals surface area (Å²) in [5.41, 5.74) is 6.65. The van der Waals surface area contributed by atoms with Crippen LogP contribution in [0.1, 0.15) is 13.8 Å². The van der Waals surface area contributed by atoms with E-state index in [1.165, 1.54) is 7.05 Å². The van der Waals surface area contributed by atoms with Crippen LogP contribution >= 0.6 is 0 Å². The van der Waals surface area contributed by atoms with Gasteiger partial charge in [-0.25, -0.2) is 4.79 Å². The molecule has 1 aromatic heterocycles. The van der Waals surface area contributed by atoms with Crippen molar-refractivity contribution in [2.45, 2.75) is 26.9 Å². The van der Waals surface area contributed by atoms with Gasteiger partial charge in [-0.15, -0.1) is 0 Å². The molecule has 0 fully saturated rings. The van der Waals surface area contributed by atoms with Gasteiger partial charge in [-0.1, -0.05) is 12.1 Å². The van der Waals surface area contributed by atoms with Crippen LogP contribution in [0.15, 0.2) is 29.1 Å². The van der Waals surface area contributed by atoms with Gasteiger partial charge >= 0.3 is 5.69 Å². The van der Waals surface area contributed by atoms with E-state index in [0.717, 1.165) is 24.1 Å². The Labute approximate surface area is 95.3 Å². The molecule has 0 aliphatic heterocycles. The Bertz CT molecular complexity index is 466. The summed E-state index contributed by atoms with van der Waals surface area (Å²) in [4.78, 5) is 11.9. The highest BCUT2D eigenvalue weighted by Gasteiger charge is 2.08. The van der Waals surface area contributed by atoms with Crippen molar-refractivity contribution in [3.63, 3.8) is 0 Å². The normalized spacial score (nSPS) is 10.0. The lowest BCUT2D eigenvalue weighted by Crippen LogP contribution is -2.22. The third-order valence-electron chi connectivity index (χ3n) is 2.56. The van der Waals surface area contributed by atoms with Gasteiger partial charge in [0.05, 0.1) is 11.0 Å². The number of hydrogen-bond donors (Lipinski definition) is 1. The monoisotopic (exact) mass is 221 g/mol. The van der Waals surface area contributed by atoms with Crippen LogP contribution in [0.3, 0.4) is 0 Å². The predicted octanol–water partition coefficient (Wildman–Crippen LogP) is 1.42. The van der Waals surface area contributed by atoms with Gasteiger partial charge in [0.25, 0.3) is 0 Å². The van der Waals surface area contributed by atoms with E-state index >= 15 is 0 Å². The molecule has 0 spiro atoms. The van der Waals surface area contributed by atoms with Crippen LogP contribution in [0.4, 0.5) is 0 Å². The zero-order valence-corrected chi connectivity index (χ0v) is 10.1. The van der Waals surface area contributed by atoms with Crippen molar-refractivity contribution < 1.29 is 0 Å². The molecule has 4 nitrogen and oxygen atoms in total. The number of rotatable bonds is 2. The summed E-state index contributed by atoms with van der Waals surface area (Å²) in [5, 5.41) is 0. The first kappa shape index (κ1) is 12.5. The van der Waals surface area contributed by atoms with Crippen LogP contribution in [0.2, 0.25) is 0 Å². The number of aryl methyl sites for hydroxylation is 2. The van der Waals surface area contributed by atoms with Crippen molar-refractivity contribution in [1.82, 2.24) is 9.13 Å². The Morgan fingerprint density at radius 3 is 1.69 bits per heavy atom. The molecule has 0 saturated heterocycles. The summed E-state index contributed by atoms with van der Waals surface area (Å²) in [6.45, 7) is 5.44. The summed E-state index contributed by atoms with van der Waals surface area (Å²) in [6.07, 6.45) is 0. The maximum absolute atomic E-state index is 11.9. The molecule has 2 rings (SSSR count). The van der Waals surface area contributed by atoms with Gasteiger partial charge in [0.2, 0.25) is 0 Å². The molecule has 0 saturated carbocycles. The largest absolute Gasteiger partial charge is 0.333 e. The highest BCUT2D eigenvalue weighted by atomic mass is 16.1. The number of nitrogens with zero attached hydrogens (tertiary/aromatic N) is 2. The van der Waals surface area contributed by atoms with Gasteiger partial charge < -0.3 is 5.73 Å². The fourth-order valence-corrected chi connectivity index (χ4v) is 1.88. The fraction of sp³-hybridized carbons (Fsp3) is 0.417. The van der Waals surface area contributed by atoms with Crippen LogP contribution in [-0.4, -0.2) is 16.2 Å². The SMILES string of the molecule is CCn1c(=O)n(CC)c2ccccc21.CN. The zero-order valence-electron chi connectivity index (χ0n) is 10.1. The summed E-state index contributed by atoms with van der Waals surface area (Å²) < 4.78 is 3.61. The van der Waals surface area contributed by atoms with E-state index in [9.17, 15) is 4.79 Å². The van der Waals surface area contributed by atoms with E-state index in [1.807, 2.05) is 38.1 Å². The minimum absolute atomic E-state index is 0.0937. The van der Waals surface area contributed by atoms with E-state index in [4.69, 9.17) is 0 Å². The van der Waals surface area contributed by atoms with Crippen LogP contribution in [0, 0.1) is 0 Å². The summed E-state index contributed by atoms with van der Waals surface area (Å²) in [6, 6.07) is 7.92. The predicted molar refractivity (Wildman–Crippen MR) is 67.7 cm³/mol. The Morgan fingerprint density at radius 2 is 1.38 bits per heavy atom. The maximum atomic E-state index is 11.9. The molecule has 0 aliphatic carbocycles. The second kappa shape index (κ2) is 5.51. The van der Waals surface area contributed by atoms with Crippen LogP contribution in [0.25, 0.3) is 11.0 Å². The number of para-hydroxylation sites is 2. The average molecular weight is 221 g/mol. The van der Waals surface area contributed by atoms with Crippen molar-refractivity contribution in [1.29, 1.82) is 0 Å². The van der Waals surface area contributed by atoms with Crippen molar-refractivity contribution in [2.24, 2.45) is 5.73 Å². The molecule has 2 aromatic rings. The number of hydrogen-bond acceptors (Lipinski definition) is 2. The molecule has 0 unspecified atom stereocenters. The molecule has 0 amide bonds.